The SMILES string of the molecule is CC1(OC(=O)C2CC3CCC2O3)CCCC1. The molecule has 0 N–H and O–H groups in total. The Morgan fingerprint density at radius 3 is 2.62 bits per heavy atom. The highest BCUT2D eigenvalue weighted by atomic mass is 16.6. The normalized spacial score (nSPS) is 40.2. The van der Waals surface area contributed by atoms with E-state index in [4.69, 9.17) is 9.47 Å². The van der Waals surface area contributed by atoms with Gasteiger partial charge in [-0.05, 0) is 51.9 Å². The molecule has 2 aliphatic heterocycles. The van der Waals surface area contributed by atoms with Crippen LogP contribution in [0.1, 0.15) is 51.9 Å². The molecule has 2 heterocycles. The highest BCUT2D eigenvalue weighted by Crippen LogP contribution is 2.41. The Labute approximate surface area is 96.5 Å². The number of ether oxygens (including phenoxy) is 2. The standard InChI is InChI=1S/C13H20O3/c1-13(6-2-3-7-13)16-12(14)10-8-9-4-5-11(10)15-9/h9-11H,2-8H2,1H3. The predicted molar refractivity (Wildman–Crippen MR) is 59.0 cm³/mol. The second-order valence-corrected chi connectivity index (χ2v) is 5.79. The summed E-state index contributed by atoms with van der Waals surface area (Å²) in [6.07, 6.45) is 7.99. The largest absolute Gasteiger partial charge is 0.459 e. The van der Waals surface area contributed by atoms with Gasteiger partial charge in [-0.25, -0.2) is 0 Å². The summed E-state index contributed by atoms with van der Waals surface area (Å²) in [5, 5.41) is 0. The fourth-order valence-corrected chi connectivity index (χ4v) is 3.43. The molecule has 0 radical (unpaired) electrons. The van der Waals surface area contributed by atoms with Crippen molar-refractivity contribution < 1.29 is 14.3 Å². The minimum atomic E-state index is -0.182. The van der Waals surface area contributed by atoms with Gasteiger partial charge in [-0.2, -0.15) is 0 Å². The Bertz CT molecular complexity index is 294. The number of fused-ring (bicyclic) bond motifs is 2. The number of hydrogen-bond donors (Lipinski definition) is 0. The molecule has 3 heteroatoms. The van der Waals surface area contributed by atoms with E-state index in [1.165, 1.54) is 12.8 Å². The molecular formula is C13H20O3. The van der Waals surface area contributed by atoms with Crippen molar-refractivity contribution in [2.75, 3.05) is 0 Å². The molecule has 1 saturated carbocycles. The van der Waals surface area contributed by atoms with Gasteiger partial charge in [0.1, 0.15) is 5.60 Å². The minimum Gasteiger partial charge on any atom is -0.459 e. The second-order valence-electron chi connectivity index (χ2n) is 5.79. The van der Waals surface area contributed by atoms with E-state index in [0.29, 0.717) is 6.10 Å². The van der Waals surface area contributed by atoms with Crippen LogP contribution in [0.5, 0.6) is 0 Å². The third kappa shape index (κ3) is 1.75. The summed E-state index contributed by atoms with van der Waals surface area (Å²) in [6, 6.07) is 0. The fourth-order valence-electron chi connectivity index (χ4n) is 3.43. The molecule has 0 aromatic heterocycles. The molecule has 16 heavy (non-hydrogen) atoms. The zero-order valence-corrected chi connectivity index (χ0v) is 9.91. The van der Waals surface area contributed by atoms with Crippen LogP contribution in [0.25, 0.3) is 0 Å². The summed E-state index contributed by atoms with van der Waals surface area (Å²) in [5.74, 6) is 0.0211. The second kappa shape index (κ2) is 3.73. The molecule has 3 atom stereocenters. The van der Waals surface area contributed by atoms with E-state index < -0.39 is 0 Å². The van der Waals surface area contributed by atoms with E-state index in [9.17, 15) is 4.79 Å². The topological polar surface area (TPSA) is 35.5 Å². The molecule has 90 valence electrons. The van der Waals surface area contributed by atoms with Gasteiger partial charge in [0.2, 0.25) is 0 Å². The van der Waals surface area contributed by atoms with Crippen LogP contribution >= 0.6 is 0 Å². The van der Waals surface area contributed by atoms with E-state index in [2.05, 4.69) is 6.92 Å². The number of carbonyl (C=O) groups excluding carboxylic acids is 1. The lowest BCUT2D eigenvalue weighted by Gasteiger charge is -2.27. The highest BCUT2D eigenvalue weighted by molar-refractivity contribution is 5.74. The predicted octanol–water partition coefficient (Wildman–Crippen LogP) is 2.43. The summed E-state index contributed by atoms with van der Waals surface area (Å²) >= 11 is 0. The highest BCUT2D eigenvalue weighted by Gasteiger charge is 2.47. The van der Waals surface area contributed by atoms with Crippen LogP contribution in [-0.2, 0) is 14.3 Å². The third-order valence-corrected chi connectivity index (χ3v) is 4.42. The smallest absolute Gasteiger partial charge is 0.312 e. The van der Waals surface area contributed by atoms with Crippen molar-refractivity contribution in [3.05, 3.63) is 0 Å². The first kappa shape index (κ1) is 10.6. The Morgan fingerprint density at radius 1 is 1.31 bits per heavy atom. The van der Waals surface area contributed by atoms with Crippen molar-refractivity contribution >= 4 is 5.97 Å². The molecule has 3 nitrogen and oxygen atoms in total. The van der Waals surface area contributed by atoms with Crippen molar-refractivity contribution in [1.29, 1.82) is 0 Å². The van der Waals surface area contributed by atoms with Gasteiger partial charge >= 0.3 is 5.97 Å². The molecule has 2 bridgehead atoms. The third-order valence-electron chi connectivity index (χ3n) is 4.42. The van der Waals surface area contributed by atoms with E-state index in [1.54, 1.807) is 0 Å². The van der Waals surface area contributed by atoms with Gasteiger partial charge in [-0.3, -0.25) is 4.79 Å². The van der Waals surface area contributed by atoms with Crippen LogP contribution in [0, 0.1) is 5.92 Å². The molecule has 2 saturated heterocycles. The number of carbonyl (C=O) groups is 1. The zero-order valence-electron chi connectivity index (χ0n) is 9.91. The molecule has 1 aliphatic carbocycles. The minimum absolute atomic E-state index is 0.00315. The first-order chi connectivity index (χ1) is 7.66. The van der Waals surface area contributed by atoms with Crippen LogP contribution in [0.3, 0.4) is 0 Å². The average Bonchev–Trinajstić information content (AvgIpc) is 2.92. The maximum absolute atomic E-state index is 12.1. The summed E-state index contributed by atoms with van der Waals surface area (Å²) in [5.41, 5.74) is -0.182. The van der Waals surface area contributed by atoms with Gasteiger partial charge in [0, 0.05) is 0 Å². The maximum Gasteiger partial charge on any atom is 0.312 e. The van der Waals surface area contributed by atoms with Crippen molar-refractivity contribution in [2.45, 2.75) is 69.7 Å². The van der Waals surface area contributed by atoms with Crippen molar-refractivity contribution in [3.8, 4) is 0 Å². The molecule has 3 unspecified atom stereocenters. The fraction of sp³-hybridized carbons (Fsp3) is 0.923. The molecular weight excluding hydrogens is 204 g/mol. The first-order valence-corrected chi connectivity index (χ1v) is 6.55. The van der Waals surface area contributed by atoms with Crippen LogP contribution in [0.4, 0.5) is 0 Å². The van der Waals surface area contributed by atoms with Crippen molar-refractivity contribution in [2.24, 2.45) is 5.92 Å². The molecule has 0 aromatic rings. The maximum atomic E-state index is 12.1. The lowest BCUT2D eigenvalue weighted by molar-refractivity contribution is -0.164. The number of hydrogen-bond acceptors (Lipinski definition) is 3. The van der Waals surface area contributed by atoms with Crippen LogP contribution in [0.2, 0.25) is 0 Å². The van der Waals surface area contributed by atoms with Crippen LogP contribution in [-0.4, -0.2) is 23.8 Å². The molecule has 3 aliphatic rings. The van der Waals surface area contributed by atoms with Gasteiger partial charge in [-0.15, -0.1) is 0 Å². The molecule has 0 spiro atoms. The summed E-state index contributed by atoms with van der Waals surface area (Å²) in [4.78, 5) is 12.1. The summed E-state index contributed by atoms with van der Waals surface area (Å²) in [6.45, 7) is 2.08. The lowest BCUT2D eigenvalue weighted by Crippen LogP contribution is -2.35. The Kier molecular flexibility index (Phi) is 2.46. The Hall–Kier alpha value is -0.570. The van der Waals surface area contributed by atoms with Gasteiger partial charge < -0.3 is 9.47 Å². The zero-order chi connectivity index (χ0) is 11.2. The molecule has 0 amide bonds. The average molecular weight is 224 g/mol. The quantitative estimate of drug-likeness (QED) is 0.676. The summed E-state index contributed by atoms with van der Waals surface area (Å²) in [7, 11) is 0. The van der Waals surface area contributed by atoms with Gasteiger partial charge in [-0.1, -0.05) is 0 Å². The van der Waals surface area contributed by atoms with E-state index in [0.717, 1.165) is 32.1 Å². The number of rotatable bonds is 2. The Balaban J connectivity index is 1.61. The van der Waals surface area contributed by atoms with Crippen molar-refractivity contribution in [1.82, 2.24) is 0 Å². The monoisotopic (exact) mass is 224 g/mol. The van der Waals surface area contributed by atoms with E-state index >= 15 is 0 Å². The first-order valence-electron chi connectivity index (χ1n) is 6.55. The number of esters is 1. The summed E-state index contributed by atoms with van der Waals surface area (Å²) < 4.78 is 11.4. The Morgan fingerprint density at radius 2 is 2.06 bits per heavy atom. The van der Waals surface area contributed by atoms with E-state index in [1.807, 2.05) is 0 Å². The van der Waals surface area contributed by atoms with Crippen molar-refractivity contribution in [3.63, 3.8) is 0 Å². The van der Waals surface area contributed by atoms with Gasteiger partial charge in [0.15, 0.2) is 0 Å². The van der Waals surface area contributed by atoms with Gasteiger partial charge in [0.05, 0.1) is 18.1 Å². The van der Waals surface area contributed by atoms with Crippen LogP contribution < -0.4 is 0 Å². The molecule has 3 fully saturated rings. The van der Waals surface area contributed by atoms with E-state index in [-0.39, 0.29) is 23.6 Å². The lowest BCUT2D eigenvalue weighted by atomic mass is 9.89. The van der Waals surface area contributed by atoms with Crippen LogP contribution in [0.15, 0.2) is 0 Å². The molecule has 0 aromatic carbocycles. The van der Waals surface area contributed by atoms with Gasteiger partial charge in [0.25, 0.3) is 0 Å². The molecule has 3 rings (SSSR count).